The number of anilines is 1. The number of benzene rings is 1. The summed E-state index contributed by atoms with van der Waals surface area (Å²) < 4.78 is 0. The van der Waals surface area contributed by atoms with E-state index in [2.05, 4.69) is 53.0 Å². The molecule has 7 aromatic rings. The summed E-state index contributed by atoms with van der Waals surface area (Å²) in [6.45, 7) is 0. The first-order valence-corrected chi connectivity index (χ1v) is 13.4. The second-order valence-electron chi connectivity index (χ2n) is 9.31. The van der Waals surface area contributed by atoms with Crippen molar-refractivity contribution >= 4 is 38.8 Å². The van der Waals surface area contributed by atoms with Gasteiger partial charge in [-0.1, -0.05) is 36.4 Å². The fourth-order valence-corrected chi connectivity index (χ4v) is 5.58. The number of H-pyrrole nitrogens is 2. The molecule has 9 heteroatoms. The number of hydrogen-bond acceptors (Lipinski definition) is 7. The van der Waals surface area contributed by atoms with Gasteiger partial charge in [0.1, 0.15) is 11.9 Å². The first-order chi connectivity index (χ1) is 19.2. The molecule has 4 N–H and O–H groups in total. The normalized spacial score (nSPS) is 12.2. The molecular formula is C30H23N7OS. The zero-order chi connectivity index (χ0) is 26.2. The topological polar surface area (TPSA) is 115 Å². The largest absolute Gasteiger partial charge is 0.373 e. The fraction of sp³-hybridized carbons (Fsp3) is 0.0667. The van der Waals surface area contributed by atoms with E-state index in [1.807, 2.05) is 60.9 Å². The van der Waals surface area contributed by atoms with Crippen LogP contribution in [-0.2, 0) is 6.42 Å². The van der Waals surface area contributed by atoms with Gasteiger partial charge in [-0.25, -0.2) is 0 Å². The van der Waals surface area contributed by atoms with Crippen LogP contribution in [0.25, 0.3) is 54.9 Å². The number of aromatic amines is 2. The van der Waals surface area contributed by atoms with Gasteiger partial charge in [-0.15, -0.1) is 11.3 Å². The lowest BCUT2D eigenvalue weighted by Gasteiger charge is -2.14. The third kappa shape index (κ3) is 4.54. The Balaban J connectivity index is 1.21. The number of nitrogens with one attached hydrogen (secondary N) is 3. The molecule has 0 aliphatic rings. The highest BCUT2D eigenvalue weighted by atomic mass is 32.1. The zero-order valence-electron chi connectivity index (χ0n) is 20.7. The molecular weight excluding hydrogens is 506 g/mol. The lowest BCUT2D eigenvalue weighted by molar-refractivity contribution is 0.204. The van der Waals surface area contributed by atoms with E-state index in [1.165, 1.54) is 4.88 Å². The highest BCUT2D eigenvalue weighted by Crippen LogP contribution is 2.35. The highest BCUT2D eigenvalue weighted by molar-refractivity contribution is 7.13. The summed E-state index contributed by atoms with van der Waals surface area (Å²) >= 11 is 1.69. The number of thiophene rings is 1. The van der Waals surface area contributed by atoms with Crippen LogP contribution < -0.4 is 5.32 Å². The molecule has 0 bridgehead atoms. The average molecular weight is 530 g/mol. The minimum absolute atomic E-state index is 0.488. The van der Waals surface area contributed by atoms with Crippen molar-refractivity contribution in [3.05, 3.63) is 103 Å². The van der Waals surface area contributed by atoms with Gasteiger partial charge < -0.3 is 15.4 Å². The van der Waals surface area contributed by atoms with Crippen LogP contribution in [0.5, 0.6) is 0 Å². The third-order valence-electron chi connectivity index (χ3n) is 6.67. The molecule has 6 heterocycles. The first-order valence-electron chi connectivity index (χ1n) is 12.5. The number of aliphatic hydroxyl groups excluding tert-OH is 1. The number of nitrogens with zero attached hydrogens (tertiary/aromatic N) is 4. The Morgan fingerprint density at radius 1 is 0.872 bits per heavy atom. The quantitative estimate of drug-likeness (QED) is 0.181. The van der Waals surface area contributed by atoms with Crippen molar-refractivity contribution in [2.24, 2.45) is 0 Å². The number of aromatic nitrogens is 6. The maximum Gasteiger partial charge on any atom is 0.128 e. The number of rotatable bonds is 7. The summed E-state index contributed by atoms with van der Waals surface area (Å²) in [5.74, 6) is 0. The number of fused-ring (bicyclic) bond motifs is 2. The lowest BCUT2D eigenvalue weighted by Crippen LogP contribution is -2.21. The van der Waals surface area contributed by atoms with Crippen molar-refractivity contribution in [1.29, 1.82) is 0 Å². The van der Waals surface area contributed by atoms with Gasteiger partial charge in [0.05, 0.1) is 46.7 Å². The fourth-order valence-electron chi connectivity index (χ4n) is 4.83. The van der Waals surface area contributed by atoms with Crippen molar-refractivity contribution in [3.63, 3.8) is 0 Å². The number of pyridine rings is 3. The van der Waals surface area contributed by atoms with Crippen LogP contribution in [0.1, 0.15) is 5.56 Å². The van der Waals surface area contributed by atoms with E-state index in [1.54, 1.807) is 29.9 Å². The van der Waals surface area contributed by atoms with E-state index < -0.39 is 6.23 Å². The Morgan fingerprint density at radius 3 is 2.64 bits per heavy atom. The summed E-state index contributed by atoms with van der Waals surface area (Å²) in [4.78, 5) is 18.1. The van der Waals surface area contributed by atoms with Crippen molar-refractivity contribution in [2.45, 2.75) is 12.6 Å². The Kier molecular flexibility index (Phi) is 5.84. The Bertz CT molecular complexity index is 1890. The van der Waals surface area contributed by atoms with E-state index in [0.29, 0.717) is 6.42 Å². The van der Waals surface area contributed by atoms with Gasteiger partial charge in [0.25, 0.3) is 0 Å². The van der Waals surface area contributed by atoms with E-state index in [4.69, 9.17) is 0 Å². The summed E-state index contributed by atoms with van der Waals surface area (Å²) in [5.41, 5.74) is 7.96. The SMILES string of the molecule is OC(Cc1ccccc1)Nc1cncc(-c2cc3c(-c4cc5c(-c6cccs6)cncc5[nH]4)n[nH]c3cn2)c1. The number of hydrogen-bond donors (Lipinski definition) is 4. The van der Waals surface area contributed by atoms with E-state index in [0.717, 1.165) is 61.3 Å². The molecule has 0 saturated heterocycles. The van der Waals surface area contributed by atoms with Crippen molar-refractivity contribution < 1.29 is 5.11 Å². The standard InChI is InChI=1S/C30H23N7OS/c38-29(9-18-5-2-1-3-6-18)34-20-10-19(13-31-14-20)24-12-22-27(17-33-24)36-37-30(22)25-11-21-23(28-7-4-8-39-28)15-32-16-26(21)35-25/h1-8,10-17,29,34-35,38H,9H2,(H,36,37). The van der Waals surface area contributed by atoms with Gasteiger partial charge in [-0.3, -0.25) is 20.1 Å². The van der Waals surface area contributed by atoms with Gasteiger partial charge in [0.2, 0.25) is 0 Å². The summed E-state index contributed by atoms with van der Waals surface area (Å²) in [5, 5.41) is 25.5. The van der Waals surface area contributed by atoms with Gasteiger partial charge in [-0.2, -0.15) is 5.10 Å². The second kappa shape index (κ2) is 9.79. The molecule has 0 fully saturated rings. The van der Waals surface area contributed by atoms with Crippen LogP contribution in [0.2, 0.25) is 0 Å². The smallest absolute Gasteiger partial charge is 0.128 e. The molecule has 7 rings (SSSR count). The lowest BCUT2D eigenvalue weighted by atomic mass is 10.1. The molecule has 0 radical (unpaired) electrons. The van der Waals surface area contributed by atoms with Gasteiger partial charge >= 0.3 is 0 Å². The molecule has 0 aliphatic carbocycles. The Morgan fingerprint density at radius 2 is 1.77 bits per heavy atom. The molecule has 8 nitrogen and oxygen atoms in total. The summed E-state index contributed by atoms with van der Waals surface area (Å²) in [6, 6.07) is 20.1. The molecule has 6 aromatic heterocycles. The molecule has 0 spiro atoms. The Hall–Kier alpha value is -4.86. The molecule has 1 aromatic carbocycles. The average Bonchev–Trinajstić information content (AvgIpc) is 3.73. The molecule has 0 aliphatic heterocycles. The van der Waals surface area contributed by atoms with E-state index >= 15 is 0 Å². The van der Waals surface area contributed by atoms with E-state index in [9.17, 15) is 5.11 Å². The predicted molar refractivity (Wildman–Crippen MR) is 155 cm³/mol. The van der Waals surface area contributed by atoms with Crippen molar-refractivity contribution in [2.75, 3.05) is 5.32 Å². The van der Waals surface area contributed by atoms with Crippen LogP contribution in [-0.4, -0.2) is 41.5 Å². The van der Waals surface area contributed by atoms with Gasteiger partial charge in [-0.05, 0) is 35.2 Å². The molecule has 1 unspecified atom stereocenters. The number of aliphatic hydroxyl groups is 1. The summed E-state index contributed by atoms with van der Waals surface area (Å²) in [6.07, 6.45) is 8.74. The van der Waals surface area contributed by atoms with Crippen molar-refractivity contribution in [3.8, 4) is 33.1 Å². The van der Waals surface area contributed by atoms with Crippen LogP contribution in [0, 0.1) is 0 Å². The monoisotopic (exact) mass is 529 g/mol. The molecule has 39 heavy (non-hydrogen) atoms. The van der Waals surface area contributed by atoms with Gasteiger partial charge in [0.15, 0.2) is 0 Å². The zero-order valence-corrected chi connectivity index (χ0v) is 21.5. The Labute approximate surface area is 227 Å². The predicted octanol–water partition coefficient (Wildman–Crippen LogP) is 6.26. The minimum Gasteiger partial charge on any atom is -0.373 e. The third-order valence-corrected chi connectivity index (χ3v) is 7.58. The molecule has 0 amide bonds. The van der Waals surface area contributed by atoms with Crippen LogP contribution in [0.3, 0.4) is 0 Å². The maximum absolute atomic E-state index is 10.6. The highest BCUT2D eigenvalue weighted by Gasteiger charge is 2.16. The van der Waals surface area contributed by atoms with E-state index in [-0.39, 0.29) is 0 Å². The minimum atomic E-state index is -0.740. The van der Waals surface area contributed by atoms with Crippen LogP contribution in [0.15, 0.2) is 97.0 Å². The van der Waals surface area contributed by atoms with Crippen molar-refractivity contribution in [1.82, 2.24) is 30.1 Å². The molecule has 1 atom stereocenters. The first kappa shape index (κ1) is 23.3. The molecule has 0 saturated carbocycles. The van der Waals surface area contributed by atoms with Gasteiger partial charge in [0, 0.05) is 45.6 Å². The second-order valence-corrected chi connectivity index (χ2v) is 10.3. The molecule has 190 valence electrons. The summed E-state index contributed by atoms with van der Waals surface area (Å²) in [7, 11) is 0. The van der Waals surface area contributed by atoms with Crippen LogP contribution >= 0.6 is 11.3 Å². The maximum atomic E-state index is 10.6. The van der Waals surface area contributed by atoms with Crippen LogP contribution in [0.4, 0.5) is 5.69 Å².